The normalized spacial score (nSPS) is 10.5. The molecule has 14 heavy (non-hydrogen) atoms. The Balaban J connectivity index is 2.53. The molecule has 3 nitrogen and oxygen atoms in total. The molecule has 0 aliphatic heterocycles. The van der Waals surface area contributed by atoms with Gasteiger partial charge in [-0.2, -0.15) is 0 Å². The molecule has 0 amide bonds. The second kappa shape index (κ2) is 3.53. The first-order valence-corrected chi connectivity index (χ1v) is 5.11. The van der Waals surface area contributed by atoms with Gasteiger partial charge in [-0.25, -0.2) is 9.97 Å². The fourth-order valence-electron chi connectivity index (χ4n) is 1.29. The van der Waals surface area contributed by atoms with Gasteiger partial charge in [0, 0.05) is 16.9 Å². The van der Waals surface area contributed by atoms with Gasteiger partial charge in [0.05, 0.1) is 5.69 Å². The highest BCUT2D eigenvalue weighted by Gasteiger charge is 2.03. The van der Waals surface area contributed by atoms with Crippen molar-refractivity contribution in [3.63, 3.8) is 0 Å². The SMILES string of the molecule is Cc1nc(-n2ccnc2C)ccc1Br. The van der Waals surface area contributed by atoms with Crippen molar-refractivity contribution in [1.29, 1.82) is 0 Å². The average molecular weight is 252 g/mol. The summed E-state index contributed by atoms with van der Waals surface area (Å²) in [5.41, 5.74) is 0.982. The van der Waals surface area contributed by atoms with Crippen LogP contribution in [0.5, 0.6) is 0 Å². The average Bonchev–Trinajstić information content (AvgIpc) is 2.57. The Kier molecular flexibility index (Phi) is 2.37. The number of aromatic nitrogens is 3. The van der Waals surface area contributed by atoms with Crippen molar-refractivity contribution in [2.45, 2.75) is 13.8 Å². The van der Waals surface area contributed by atoms with Gasteiger partial charge in [-0.1, -0.05) is 0 Å². The molecule has 0 spiro atoms. The van der Waals surface area contributed by atoms with Gasteiger partial charge in [0.2, 0.25) is 0 Å². The lowest BCUT2D eigenvalue weighted by molar-refractivity contribution is 0.920. The molecule has 0 N–H and O–H groups in total. The highest BCUT2D eigenvalue weighted by molar-refractivity contribution is 9.10. The van der Waals surface area contributed by atoms with Gasteiger partial charge < -0.3 is 0 Å². The van der Waals surface area contributed by atoms with Gasteiger partial charge in [0.25, 0.3) is 0 Å². The number of aryl methyl sites for hydroxylation is 2. The summed E-state index contributed by atoms with van der Waals surface area (Å²) in [6.45, 7) is 3.93. The molecule has 0 aliphatic carbocycles. The first kappa shape index (κ1) is 9.40. The lowest BCUT2D eigenvalue weighted by Crippen LogP contribution is -1.99. The molecule has 2 heterocycles. The predicted octanol–water partition coefficient (Wildman–Crippen LogP) is 2.65. The van der Waals surface area contributed by atoms with E-state index in [4.69, 9.17) is 0 Å². The zero-order valence-corrected chi connectivity index (χ0v) is 9.62. The summed E-state index contributed by atoms with van der Waals surface area (Å²) in [6, 6.07) is 3.96. The third kappa shape index (κ3) is 1.57. The van der Waals surface area contributed by atoms with Crippen molar-refractivity contribution in [2.24, 2.45) is 0 Å². The van der Waals surface area contributed by atoms with Gasteiger partial charge in [-0.15, -0.1) is 0 Å². The topological polar surface area (TPSA) is 30.7 Å². The summed E-state index contributed by atoms with van der Waals surface area (Å²) in [5.74, 6) is 1.85. The molecule has 0 bridgehead atoms. The molecule has 0 aromatic carbocycles. The zero-order chi connectivity index (χ0) is 10.1. The Bertz CT molecular complexity index is 462. The Hall–Kier alpha value is -1.16. The fourth-order valence-corrected chi connectivity index (χ4v) is 1.51. The van der Waals surface area contributed by atoms with Gasteiger partial charge in [-0.05, 0) is 41.9 Å². The summed E-state index contributed by atoms with van der Waals surface area (Å²) in [7, 11) is 0. The van der Waals surface area contributed by atoms with Crippen molar-refractivity contribution < 1.29 is 0 Å². The van der Waals surface area contributed by atoms with Crippen LogP contribution in [0.1, 0.15) is 11.5 Å². The van der Waals surface area contributed by atoms with Crippen molar-refractivity contribution in [1.82, 2.24) is 14.5 Å². The van der Waals surface area contributed by atoms with Crippen LogP contribution in [-0.4, -0.2) is 14.5 Å². The van der Waals surface area contributed by atoms with Crippen LogP contribution < -0.4 is 0 Å². The van der Waals surface area contributed by atoms with Crippen LogP contribution in [0.15, 0.2) is 29.0 Å². The number of hydrogen-bond acceptors (Lipinski definition) is 2. The van der Waals surface area contributed by atoms with E-state index in [9.17, 15) is 0 Å². The minimum absolute atomic E-state index is 0.903. The van der Waals surface area contributed by atoms with E-state index in [1.165, 1.54) is 0 Å². The lowest BCUT2D eigenvalue weighted by atomic mass is 10.3. The van der Waals surface area contributed by atoms with Crippen LogP contribution in [0.4, 0.5) is 0 Å². The van der Waals surface area contributed by atoms with E-state index < -0.39 is 0 Å². The van der Waals surface area contributed by atoms with E-state index in [1.807, 2.05) is 36.7 Å². The quantitative estimate of drug-likeness (QED) is 0.781. The molecule has 0 unspecified atom stereocenters. The molecule has 4 heteroatoms. The molecular formula is C10H10BrN3. The summed E-state index contributed by atoms with van der Waals surface area (Å²) in [6.07, 6.45) is 3.68. The van der Waals surface area contributed by atoms with Gasteiger partial charge in [0.15, 0.2) is 0 Å². The number of halogens is 1. The minimum atomic E-state index is 0.903. The lowest BCUT2D eigenvalue weighted by Gasteiger charge is -2.05. The Morgan fingerprint density at radius 3 is 2.64 bits per heavy atom. The Morgan fingerprint density at radius 2 is 2.07 bits per heavy atom. The summed E-state index contributed by atoms with van der Waals surface area (Å²) < 4.78 is 2.98. The third-order valence-corrected chi connectivity index (χ3v) is 2.92. The molecule has 2 aromatic heterocycles. The van der Waals surface area contributed by atoms with Crippen molar-refractivity contribution in [2.75, 3.05) is 0 Å². The standard InChI is InChI=1S/C10H10BrN3/c1-7-9(11)3-4-10(13-7)14-6-5-12-8(14)2/h3-6H,1-2H3. The maximum Gasteiger partial charge on any atom is 0.138 e. The molecule has 2 aromatic rings. The first-order chi connectivity index (χ1) is 6.68. The largest absolute Gasteiger partial charge is 0.288 e. The molecular weight excluding hydrogens is 242 g/mol. The number of hydrogen-bond donors (Lipinski definition) is 0. The van der Waals surface area contributed by atoms with Gasteiger partial charge in [-0.3, -0.25) is 4.57 Å². The molecule has 0 atom stereocenters. The maximum absolute atomic E-state index is 4.45. The molecule has 72 valence electrons. The monoisotopic (exact) mass is 251 g/mol. The smallest absolute Gasteiger partial charge is 0.138 e. The Labute approximate surface area is 90.9 Å². The minimum Gasteiger partial charge on any atom is -0.288 e. The third-order valence-electron chi connectivity index (χ3n) is 2.08. The number of rotatable bonds is 1. The number of imidazole rings is 1. The van der Waals surface area contributed by atoms with Gasteiger partial charge in [0.1, 0.15) is 11.6 Å². The number of pyridine rings is 1. The molecule has 2 rings (SSSR count). The second-order valence-electron chi connectivity index (χ2n) is 3.08. The van der Waals surface area contributed by atoms with E-state index in [1.54, 1.807) is 6.20 Å². The molecule has 0 saturated carbocycles. The Morgan fingerprint density at radius 1 is 1.29 bits per heavy atom. The van der Waals surface area contributed by atoms with Crippen molar-refractivity contribution >= 4 is 15.9 Å². The first-order valence-electron chi connectivity index (χ1n) is 4.32. The van der Waals surface area contributed by atoms with Crippen LogP contribution in [0.2, 0.25) is 0 Å². The van der Waals surface area contributed by atoms with Crippen LogP contribution in [0.25, 0.3) is 5.82 Å². The van der Waals surface area contributed by atoms with Crippen molar-refractivity contribution in [3.05, 3.63) is 40.5 Å². The second-order valence-corrected chi connectivity index (χ2v) is 3.94. The zero-order valence-electron chi connectivity index (χ0n) is 8.03. The summed E-state index contributed by atoms with van der Waals surface area (Å²) >= 11 is 3.42. The summed E-state index contributed by atoms with van der Waals surface area (Å²) in [5, 5.41) is 0. The highest BCUT2D eigenvalue weighted by atomic mass is 79.9. The van der Waals surface area contributed by atoms with Crippen LogP contribution in [0.3, 0.4) is 0 Å². The predicted molar refractivity (Wildman–Crippen MR) is 58.5 cm³/mol. The molecule has 0 saturated heterocycles. The number of nitrogens with zero attached hydrogens (tertiary/aromatic N) is 3. The van der Waals surface area contributed by atoms with Gasteiger partial charge >= 0.3 is 0 Å². The van der Waals surface area contributed by atoms with Crippen LogP contribution >= 0.6 is 15.9 Å². The molecule has 0 aliphatic rings. The van der Waals surface area contributed by atoms with Crippen molar-refractivity contribution in [3.8, 4) is 5.82 Å². The fraction of sp³-hybridized carbons (Fsp3) is 0.200. The maximum atomic E-state index is 4.45. The van der Waals surface area contributed by atoms with E-state index in [0.29, 0.717) is 0 Å². The van der Waals surface area contributed by atoms with Crippen LogP contribution in [-0.2, 0) is 0 Å². The van der Waals surface area contributed by atoms with E-state index in [-0.39, 0.29) is 0 Å². The summed E-state index contributed by atoms with van der Waals surface area (Å²) in [4.78, 5) is 8.61. The van der Waals surface area contributed by atoms with E-state index in [2.05, 4.69) is 25.9 Å². The molecule has 0 radical (unpaired) electrons. The van der Waals surface area contributed by atoms with Crippen LogP contribution in [0, 0.1) is 13.8 Å². The van der Waals surface area contributed by atoms with E-state index >= 15 is 0 Å². The van der Waals surface area contributed by atoms with E-state index in [0.717, 1.165) is 21.8 Å². The molecule has 0 fully saturated rings. The highest BCUT2D eigenvalue weighted by Crippen LogP contribution is 2.16.